The second kappa shape index (κ2) is 3.37. The van der Waals surface area contributed by atoms with Gasteiger partial charge in [0, 0.05) is 17.5 Å². The normalized spacial score (nSPS) is 10.1. The van der Waals surface area contributed by atoms with Crippen LogP contribution in [0.25, 0.3) is 0 Å². The van der Waals surface area contributed by atoms with E-state index >= 15 is 0 Å². The molecule has 2 aromatic rings. The maximum Gasteiger partial charge on any atom is 0.216 e. The maximum absolute atomic E-state index is 11.7. The highest BCUT2D eigenvalue weighted by Gasteiger charge is 2.11. The average molecular weight is 188 g/mol. The number of aromatic amines is 1. The number of hydrogen-bond donors (Lipinski definition) is 1. The number of H-pyrrole nitrogens is 1. The van der Waals surface area contributed by atoms with E-state index in [1.807, 2.05) is 6.92 Å². The minimum atomic E-state index is -0.175. The zero-order valence-corrected chi connectivity index (χ0v) is 7.56. The fourth-order valence-corrected chi connectivity index (χ4v) is 1.06. The molecule has 1 N–H and O–H groups in total. The molecule has 5 heteroatoms. The lowest BCUT2D eigenvalue weighted by atomic mass is 10.1. The molecule has 0 aromatic carbocycles. The number of carbonyl (C=O) groups is 1. The summed E-state index contributed by atoms with van der Waals surface area (Å²) < 4.78 is 0. The van der Waals surface area contributed by atoms with Crippen molar-refractivity contribution < 1.29 is 4.79 Å². The molecule has 0 bridgehead atoms. The Hall–Kier alpha value is -2.04. The molecule has 0 aliphatic carbocycles. The van der Waals surface area contributed by atoms with Crippen molar-refractivity contribution in [2.75, 3.05) is 0 Å². The van der Waals surface area contributed by atoms with Crippen molar-refractivity contribution in [3.05, 3.63) is 41.5 Å². The van der Waals surface area contributed by atoms with Gasteiger partial charge in [-0.1, -0.05) is 0 Å². The van der Waals surface area contributed by atoms with Gasteiger partial charge >= 0.3 is 0 Å². The van der Waals surface area contributed by atoms with Gasteiger partial charge in [-0.2, -0.15) is 15.4 Å². The first-order valence-corrected chi connectivity index (χ1v) is 4.10. The Morgan fingerprint density at radius 2 is 2.21 bits per heavy atom. The quantitative estimate of drug-likeness (QED) is 0.705. The van der Waals surface area contributed by atoms with E-state index in [4.69, 9.17) is 0 Å². The number of aryl methyl sites for hydroxylation is 1. The third kappa shape index (κ3) is 1.52. The molecular weight excluding hydrogens is 180 g/mol. The van der Waals surface area contributed by atoms with E-state index in [-0.39, 0.29) is 5.78 Å². The minimum absolute atomic E-state index is 0.175. The zero-order valence-electron chi connectivity index (χ0n) is 7.56. The van der Waals surface area contributed by atoms with Crippen LogP contribution < -0.4 is 0 Å². The first-order valence-electron chi connectivity index (χ1n) is 4.10. The second-order valence-corrected chi connectivity index (χ2v) is 2.87. The predicted molar refractivity (Wildman–Crippen MR) is 48.8 cm³/mol. The van der Waals surface area contributed by atoms with Crippen molar-refractivity contribution in [2.45, 2.75) is 6.92 Å². The minimum Gasteiger partial charge on any atom is -0.287 e. The van der Waals surface area contributed by atoms with Crippen molar-refractivity contribution in [1.29, 1.82) is 0 Å². The van der Waals surface area contributed by atoms with E-state index in [0.717, 1.165) is 5.69 Å². The molecule has 0 radical (unpaired) electrons. The zero-order chi connectivity index (χ0) is 9.97. The summed E-state index contributed by atoms with van der Waals surface area (Å²) in [6.45, 7) is 1.87. The molecule has 0 saturated carbocycles. The van der Waals surface area contributed by atoms with E-state index in [9.17, 15) is 4.79 Å². The van der Waals surface area contributed by atoms with Gasteiger partial charge < -0.3 is 0 Å². The molecule has 14 heavy (non-hydrogen) atoms. The summed E-state index contributed by atoms with van der Waals surface area (Å²) >= 11 is 0. The Kier molecular flexibility index (Phi) is 2.06. The van der Waals surface area contributed by atoms with E-state index < -0.39 is 0 Å². The van der Waals surface area contributed by atoms with Crippen LogP contribution in [0.1, 0.15) is 21.7 Å². The molecule has 0 atom stereocenters. The number of pyridine rings is 1. The lowest BCUT2D eigenvalue weighted by molar-refractivity contribution is 0.103. The first-order chi connectivity index (χ1) is 6.77. The third-order valence-corrected chi connectivity index (χ3v) is 1.82. The van der Waals surface area contributed by atoms with Gasteiger partial charge in [-0.15, -0.1) is 0 Å². The SMILES string of the molecule is Cc1ccc(C(=O)c2cn[nH]n2)cn1. The standard InChI is InChI=1S/C9H8N4O/c1-6-2-3-7(4-10-6)9(14)8-5-11-13-12-8/h2-5H,1H3,(H,11,12,13). The van der Waals surface area contributed by atoms with Crippen LogP contribution in [0.15, 0.2) is 24.5 Å². The molecule has 2 heterocycles. The van der Waals surface area contributed by atoms with E-state index in [1.165, 1.54) is 12.4 Å². The molecule has 2 aromatic heterocycles. The Balaban J connectivity index is 2.33. The molecule has 0 fully saturated rings. The number of ketones is 1. The molecule has 0 amide bonds. The van der Waals surface area contributed by atoms with Gasteiger partial charge in [0.2, 0.25) is 5.78 Å². The topological polar surface area (TPSA) is 71.5 Å². The van der Waals surface area contributed by atoms with Crippen LogP contribution in [0.3, 0.4) is 0 Å². The van der Waals surface area contributed by atoms with Crippen LogP contribution in [0, 0.1) is 6.92 Å². The van der Waals surface area contributed by atoms with E-state index in [2.05, 4.69) is 20.4 Å². The molecule has 0 spiro atoms. The molecule has 0 saturated heterocycles. The molecule has 0 unspecified atom stereocenters. The smallest absolute Gasteiger partial charge is 0.216 e. The van der Waals surface area contributed by atoms with Crippen LogP contribution in [0.5, 0.6) is 0 Å². The van der Waals surface area contributed by atoms with Gasteiger partial charge in [0.15, 0.2) is 5.69 Å². The van der Waals surface area contributed by atoms with Crippen LogP contribution >= 0.6 is 0 Å². The summed E-state index contributed by atoms with van der Waals surface area (Å²) in [5.41, 5.74) is 1.70. The van der Waals surface area contributed by atoms with Crippen molar-refractivity contribution >= 4 is 5.78 Å². The van der Waals surface area contributed by atoms with Crippen LogP contribution in [0.4, 0.5) is 0 Å². The Labute approximate surface area is 80.2 Å². The number of nitrogens with zero attached hydrogens (tertiary/aromatic N) is 3. The number of hydrogen-bond acceptors (Lipinski definition) is 4. The van der Waals surface area contributed by atoms with Gasteiger partial charge in [0.25, 0.3) is 0 Å². The number of nitrogens with one attached hydrogen (secondary N) is 1. The highest BCUT2D eigenvalue weighted by Crippen LogP contribution is 2.05. The molecule has 0 aliphatic heterocycles. The molecule has 0 aliphatic rings. The number of rotatable bonds is 2. The summed E-state index contributed by atoms with van der Waals surface area (Å²) in [7, 11) is 0. The molecule has 5 nitrogen and oxygen atoms in total. The fraction of sp³-hybridized carbons (Fsp3) is 0.111. The van der Waals surface area contributed by atoms with Gasteiger partial charge in [0.05, 0.1) is 6.20 Å². The summed E-state index contributed by atoms with van der Waals surface area (Å²) in [6.07, 6.45) is 2.93. The summed E-state index contributed by atoms with van der Waals surface area (Å²) in [4.78, 5) is 15.7. The highest BCUT2D eigenvalue weighted by molar-refractivity contribution is 6.07. The van der Waals surface area contributed by atoms with Crippen molar-refractivity contribution in [1.82, 2.24) is 20.4 Å². The van der Waals surface area contributed by atoms with Gasteiger partial charge in [-0.25, -0.2) is 0 Å². The van der Waals surface area contributed by atoms with Gasteiger partial charge in [-0.3, -0.25) is 9.78 Å². The molecular formula is C9H8N4O. The fourth-order valence-electron chi connectivity index (χ4n) is 1.06. The Morgan fingerprint density at radius 3 is 2.79 bits per heavy atom. The monoisotopic (exact) mass is 188 g/mol. The van der Waals surface area contributed by atoms with Crippen molar-refractivity contribution in [3.63, 3.8) is 0 Å². The van der Waals surface area contributed by atoms with Crippen LogP contribution in [-0.4, -0.2) is 26.2 Å². The van der Waals surface area contributed by atoms with E-state index in [0.29, 0.717) is 11.3 Å². The first kappa shape index (κ1) is 8.55. The number of carbonyl (C=O) groups excluding carboxylic acids is 1. The Morgan fingerprint density at radius 1 is 1.36 bits per heavy atom. The Bertz CT molecular complexity index is 432. The lowest BCUT2D eigenvalue weighted by Crippen LogP contribution is -2.02. The van der Waals surface area contributed by atoms with Crippen molar-refractivity contribution in [2.24, 2.45) is 0 Å². The van der Waals surface area contributed by atoms with E-state index in [1.54, 1.807) is 12.1 Å². The van der Waals surface area contributed by atoms with Crippen LogP contribution in [-0.2, 0) is 0 Å². The summed E-state index contributed by atoms with van der Waals surface area (Å²) in [5.74, 6) is -0.175. The second-order valence-electron chi connectivity index (χ2n) is 2.87. The lowest BCUT2D eigenvalue weighted by Gasteiger charge is -1.96. The summed E-state index contributed by atoms with van der Waals surface area (Å²) in [5, 5.41) is 9.66. The number of aromatic nitrogens is 4. The van der Waals surface area contributed by atoms with Crippen LogP contribution in [0.2, 0.25) is 0 Å². The average Bonchev–Trinajstić information content (AvgIpc) is 2.71. The molecule has 2 rings (SSSR count). The maximum atomic E-state index is 11.7. The largest absolute Gasteiger partial charge is 0.287 e. The highest BCUT2D eigenvalue weighted by atomic mass is 16.1. The molecule has 70 valence electrons. The van der Waals surface area contributed by atoms with Gasteiger partial charge in [-0.05, 0) is 19.1 Å². The van der Waals surface area contributed by atoms with Crippen molar-refractivity contribution in [3.8, 4) is 0 Å². The predicted octanol–water partition coefficient (Wildman–Crippen LogP) is 0.739. The van der Waals surface area contributed by atoms with Gasteiger partial charge in [0.1, 0.15) is 0 Å². The third-order valence-electron chi connectivity index (χ3n) is 1.82. The summed E-state index contributed by atoms with van der Waals surface area (Å²) in [6, 6.07) is 3.51.